The number of carboxylic acid groups (broad SMARTS) is 1. The van der Waals surface area contributed by atoms with E-state index >= 15 is 9.18 Å². The average molecular weight is 930 g/mol. The van der Waals surface area contributed by atoms with E-state index in [0.717, 1.165) is 12.8 Å². The highest BCUT2D eigenvalue weighted by Gasteiger charge is 2.62. The molecule has 1 saturated heterocycles. The summed E-state index contributed by atoms with van der Waals surface area (Å²) in [5, 5.41) is 14.4. The molecule has 2 aromatic carbocycles. The largest absolute Gasteiger partial charge is 0.497 e. The van der Waals surface area contributed by atoms with Gasteiger partial charge in [-0.3, -0.25) is 24.0 Å². The molecule has 0 radical (unpaired) electrons. The molecule has 0 bridgehead atoms. The molecular weight excluding hydrogens is 870 g/mol. The summed E-state index contributed by atoms with van der Waals surface area (Å²) in [7, 11) is -2.42. The summed E-state index contributed by atoms with van der Waals surface area (Å²) in [5.41, 5.74) is -0.772. The quantitative estimate of drug-likeness (QED) is 0.171. The third kappa shape index (κ3) is 9.15. The van der Waals surface area contributed by atoms with Crippen molar-refractivity contribution in [2.45, 2.75) is 133 Å². The van der Waals surface area contributed by atoms with Crippen molar-refractivity contribution in [3.05, 3.63) is 60.4 Å². The molecule has 4 aliphatic carbocycles. The second-order valence-electron chi connectivity index (χ2n) is 20.0. The highest BCUT2D eigenvalue weighted by Crippen LogP contribution is 2.54. The van der Waals surface area contributed by atoms with Gasteiger partial charge in [0.15, 0.2) is 11.6 Å². The summed E-state index contributed by atoms with van der Waals surface area (Å²) < 4.78 is 61.7. The van der Waals surface area contributed by atoms with E-state index in [2.05, 4.69) is 17.0 Å². The highest BCUT2D eigenvalue weighted by molar-refractivity contribution is 7.91. The van der Waals surface area contributed by atoms with Crippen LogP contribution >= 0.6 is 0 Å². The predicted molar refractivity (Wildman–Crippen MR) is 243 cm³/mol. The van der Waals surface area contributed by atoms with Gasteiger partial charge in [-0.1, -0.05) is 26.0 Å². The molecule has 4 saturated carbocycles. The van der Waals surface area contributed by atoms with Crippen LogP contribution in [-0.2, 0) is 24.4 Å². The summed E-state index contributed by atoms with van der Waals surface area (Å²) in [4.78, 5) is 65.5. The second-order valence-corrected chi connectivity index (χ2v) is 21.9. The highest BCUT2D eigenvalue weighted by atomic mass is 32.2. The molecule has 3 N–H and O–H groups in total. The maximum absolute atomic E-state index is 15.5. The monoisotopic (exact) mass is 929 g/mol. The molecule has 354 valence electrons. The number of ether oxygens (including phenoxy) is 3. The number of rotatable bonds is 11. The summed E-state index contributed by atoms with van der Waals surface area (Å²) >= 11 is 0. The van der Waals surface area contributed by atoms with Crippen LogP contribution in [0.4, 0.5) is 9.18 Å². The Balaban J connectivity index is 1.09. The van der Waals surface area contributed by atoms with Gasteiger partial charge in [-0.25, -0.2) is 22.6 Å². The normalized spacial score (nSPS) is 31.4. The number of benzene rings is 2. The molecule has 3 heterocycles. The van der Waals surface area contributed by atoms with E-state index in [-0.39, 0.29) is 49.1 Å². The maximum atomic E-state index is 15.5. The zero-order valence-corrected chi connectivity index (χ0v) is 38.9. The number of aromatic nitrogens is 1. The van der Waals surface area contributed by atoms with Crippen LogP contribution in [0.5, 0.6) is 17.4 Å². The number of fused-ring (bicyclic) bond motifs is 4. The smallest absolute Gasteiger partial charge is 0.408 e. The lowest BCUT2D eigenvalue weighted by molar-refractivity contribution is -0.145. The van der Waals surface area contributed by atoms with Crippen LogP contribution in [0.1, 0.15) is 91.9 Å². The van der Waals surface area contributed by atoms with E-state index in [1.807, 2.05) is 19.1 Å². The number of sulfonamides is 1. The van der Waals surface area contributed by atoms with Gasteiger partial charge in [-0.05, 0) is 143 Å². The second kappa shape index (κ2) is 17.6. The molecule has 10 atom stereocenters. The van der Waals surface area contributed by atoms with E-state index in [1.54, 1.807) is 51.3 Å². The van der Waals surface area contributed by atoms with Gasteiger partial charge in [0, 0.05) is 29.3 Å². The van der Waals surface area contributed by atoms with E-state index in [1.165, 1.54) is 21.9 Å². The fraction of sp³-hybridized carbons (Fsp3) is 0.571. The third-order valence-electron chi connectivity index (χ3n) is 14.6. The first-order valence-electron chi connectivity index (χ1n) is 23.4. The summed E-state index contributed by atoms with van der Waals surface area (Å²) in [6.45, 7) is 7.47. The lowest BCUT2D eigenvalue weighted by Gasteiger charge is -2.40. The zero-order valence-electron chi connectivity index (χ0n) is 38.1. The standard InChI is InChI=1S/C49H60FN5O10S/c1-26(2)64-42-15-10-29(21-39(42)50)40-22-32-20-35(63-5)11-14-38(32)45(51-40)65-36-23-41-44(56)52-49(47(58)53-66(61,62)37-12-13-37)24-33(49)9-7-6-8-27(3)16-28(4)43(46(57)54(41)25-36)55(48(59)60)34-18-30-17-31(30)19-34/h7,9-11,14-15,20-22,26-28,30-31,33-34,36-37,41,43H,6,8,12-13,16-19,23-25H2,1-5H3,(H,52,56)(H,53,58)(H,59,60)/b9-7-/t27-,28+,30-,31?,33+,34?,36+,41-,43-,49+/m0/s1. The fourth-order valence-electron chi connectivity index (χ4n) is 10.8. The Bertz CT molecular complexity index is 2560. The van der Waals surface area contributed by atoms with Crippen molar-refractivity contribution >= 4 is 44.6 Å². The molecule has 6 aliphatic rings. The summed E-state index contributed by atoms with van der Waals surface area (Å²) in [6.07, 6.45) is 6.80. The number of nitrogens with zero attached hydrogens (tertiary/aromatic N) is 3. The fourth-order valence-corrected chi connectivity index (χ4v) is 12.2. The van der Waals surface area contributed by atoms with Gasteiger partial charge in [-0.2, -0.15) is 0 Å². The summed E-state index contributed by atoms with van der Waals surface area (Å²) in [5.74, 6) is -1.79. The number of carbonyl (C=O) groups excluding carboxylic acids is 3. The number of pyridine rings is 1. The van der Waals surface area contributed by atoms with E-state index in [4.69, 9.17) is 19.2 Å². The lowest BCUT2D eigenvalue weighted by atomic mass is 9.86. The third-order valence-corrected chi connectivity index (χ3v) is 16.4. The molecule has 2 unspecified atom stereocenters. The van der Waals surface area contributed by atoms with Crippen molar-refractivity contribution in [2.75, 3.05) is 13.7 Å². The molecular formula is C49H60FN5O10S. The Labute approximate surface area is 384 Å². The Morgan fingerprint density at radius 1 is 1.02 bits per heavy atom. The minimum Gasteiger partial charge on any atom is -0.497 e. The number of hydrogen-bond donors (Lipinski definition) is 3. The molecule has 4 amide bonds. The van der Waals surface area contributed by atoms with Crippen molar-refractivity contribution < 1.29 is 51.3 Å². The van der Waals surface area contributed by atoms with Crippen LogP contribution in [0, 0.1) is 35.4 Å². The van der Waals surface area contributed by atoms with Crippen LogP contribution in [0.2, 0.25) is 0 Å². The van der Waals surface area contributed by atoms with Gasteiger partial charge >= 0.3 is 6.09 Å². The van der Waals surface area contributed by atoms with Crippen LogP contribution in [0.3, 0.4) is 0 Å². The maximum Gasteiger partial charge on any atom is 0.408 e. The first-order valence-corrected chi connectivity index (χ1v) is 25.0. The lowest BCUT2D eigenvalue weighted by Crippen LogP contribution is -2.61. The van der Waals surface area contributed by atoms with Crippen LogP contribution < -0.4 is 24.2 Å². The molecule has 1 aromatic heterocycles. The zero-order chi connectivity index (χ0) is 46.8. The average Bonchev–Trinajstić information content (AvgIpc) is 4.23. The van der Waals surface area contributed by atoms with Crippen molar-refractivity contribution in [3.63, 3.8) is 0 Å². The number of carbonyl (C=O) groups is 4. The number of methoxy groups -OCH3 is 1. The first kappa shape index (κ1) is 45.7. The van der Waals surface area contributed by atoms with Gasteiger partial charge in [0.25, 0.3) is 5.91 Å². The van der Waals surface area contributed by atoms with Gasteiger partial charge in [0.2, 0.25) is 27.7 Å². The predicted octanol–water partition coefficient (Wildman–Crippen LogP) is 6.83. The van der Waals surface area contributed by atoms with E-state index in [0.29, 0.717) is 78.1 Å². The number of amides is 4. The minimum atomic E-state index is -3.97. The van der Waals surface area contributed by atoms with E-state index < -0.39 is 80.5 Å². The van der Waals surface area contributed by atoms with Crippen molar-refractivity contribution in [2.24, 2.45) is 29.6 Å². The van der Waals surface area contributed by atoms with Crippen LogP contribution in [-0.4, -0.2) is 107 Å². The van der Waals surface area contributed by atoms with E-state index in [9.17, 15) is 27.9 Å². The molecule has 9 rings (SSSR count). The molecule has 0 spiro atoms. The first-order chi connectivity index (χ1) is 31.4. The van der Waals surface area contributed by atoms with Crippen molar-refractivity contribution in [1.82, 2.24) is 24.8 Å². The van der Waals surface area contributed by atoms with Gasteiger partial charge in [0.05, 0.1) is 30.7 Å². The number of halogens is 1. The number of nitrogens with one attached hydrogen (secondary N) is 2. The van der Waals surface area contributed by atoms with Gasteiger partial charge < -0.3 is 29.5 Å². The van der Waals surface area contributed by atoms with Gasteiger partial charge in [-0.15, -0.1) is 0 Å². The summed E-state index contributed by atoms with van der Waals surface area (Å²) in [6, 6.07) is 8.96. The number of allylic oxidation sites excluding steroid dienone is 1. The van der Waals surface area contributed by atoms with Crippen LogP contribution in [0.25, 0.3) is 22.0 Å². The number of hydrogen-bond acceptors (Lipinski definition) is 10. The molecule has 2 aliphatic heterocycles. The van der Waals surface area contributed by atoms with Crippen molar-refractivity contribution in [1.29, 1.82) is 0 Å². The molecule has 15 nitrogen and oxygen atoms in total. The Morgan fingerprint density at radius 2 is 1.77 bits per heavy atom. The Hall–Kier alpha value is -5.45. The van der Waals surface area contributed by atoms with Crippen molar-refractivity contribution in [3.8, 4) is 28.6 Å². The van der Waals surface area contributed by atoms with Crippen LogP contribution in [0.15, 0.2) is 54.6 Å². The topological polar surface area (TPSA) is 194 Å². The Morgan fingerprint density at radius 3 is 2.45 bits per heavy atom. The molecule has 3 aromatic rings. The Kier molecular flexibility index (Phi) is 12.2. The molecule has 5 fully saturated rings. The van der Waals surface area contributed by atoms with Gasteiger partial charge in [0.1, 0.15) is 29.5 Å². The molecule has 66 heavy (non-hydrogen) atoms. The minimum absolute atomic E-state index is 0.0618. The molecule has 17 heteroatoms. The SMILES string of the molecule is COc1ccc2c(O[C@@H]3C[C@H]4C(=O)N[C@]5(C(=O)NS(=O)(=O)C6CC6)C[C@H]5/C=C\CC[C@H](C)C[C@@H](C)[C@H](N(C(=O)O)C5CC6C[C@H]6C5)C(=O)N4C3)nc(-c3ccc(OC(C)C)c(F)c3)cc2c1.